The Hall–Kier alpha value is -2.53. The number of hydrogen-bond acceptors (Lipinski definition) is 5. The van der Waals surface area contributed by atoms with E-state index in [-0.39, 0.29) is 41.7 Å². The molecule has 0 unspecified atom stereocenters. The third-order valence-corrected chi connectivity index (χ3v) is 7.07. The average molecular weight is 560 g/mol. The topological polar surface area (TPSA) is 126 Å². The number of ether oxygens (including phenoxy) is 1. The van der Waals surface area contributed by atoms with Crippen molar-refractivity contribution in [3.05, 3.63) is 58.6 Å². The minimum absolute atomic E-state index is 0.0396. The first-order chi connectivity index (χ1) is 17.1. The molecular weight excluding hydrogens is 527 g/mol. The highest BCUT2D eigenvalue weighted by atomic mass is 35.5. The van der Waals surface area contributed by atoms with Gasteiger partial charge in [-0.25, -0.2) is 22.7 Å². The van der Waals surface area contributed by atoms with E-state index < -0.39 is 16.1 Å². The van der Waals surface area contributed by atoms with Crippen molar-refractivity contribution in [2.45, 2.75) is 44.0 Å². The van der Waals surface area contributed by atoms with Crippen LogP contribution in [0.2, 0.25) is 10.0 Å². The number of hydrogen-bond donors (Lipinski definition) is 4. The van der Waals surface area contributed by atoms with E-state index in [2.05, 4.69) is 20.7 Å². The van der Waals surface area contributed by atoms with Gasteiger partial charge >= 0.3 is 12.1 Å². The van der Waals surface area contributed by atoms with Crippen LogP contribution in [0.1, 0.15) is 33.1 Å². The number of nitrogens with one attached hydrogen (secondary N) is 4. The smallest absolute Gasteiger partial charge is 0.407 e. The van der Waals surface area contributed by atoms with E-state index >= 15 is 0 Å². The van der Waals surface area contributed by atoms with E-state index in [4.69, 9.17) is 27.9 Å². The third-order valence-electron chi connectivity index (χ3n) is 4.90. The van der Waals surface area contributed by atoms with Gasteiger partial charge in [-0.15, -0.1) is 0 Å². The summed E-state index contributed by atoms with van der Waals surface area (Å²) >= 11 is 11.8. The molecule has 12 heteroatoms. The first-order valence-corrected chi connectivity index (χ1v) is 13.8. The molecule has 1 atom stereocenters. The summed E-state index contributed by atoms with van der Waals surface area (Å²) in [7, 11) is -3.77. The summed E-state index contributed by atoms with van der Waals surface area (Å²) in [6.07, 6.45) is 0.967. The molecule has 0 heterocycles. The van der Waals surface area contributed by atoms with Crippen molar-refractivity contribution in [3.8, 4) is 0 Å². The second kappa shape index (κ2) is 14.9. The summed E-state index contributed by atoms with van der Waals surface area (Å²) in [4.78, 5) is 24.3. The molecule has 0 radical (unpaired) electrons. The Bertz CT molecular complexity index is 1100. The number of rotatable bonds is 13. The normalized spacial score (nSPS) is 12.1. The van der Waals surface area contributed by atoms with Gasteiger partial charge in [-0.1, -0.05) is 55.2 Å². The first-order valence-electron chi connectivity index (χ1n) is 11.5. The molecule has 0 saturated carbocycles. The van der Waals surface area contributed by atoms with Crippen LogP contribution in [-0.2, 0) is 14.8 Å². The summed E-state index contributed by atoms with van der Waals surface area (Å²) in [5, 5.41) is 8.67. The summed E-state index contributed by atoms with van der Waals surface area (Å²) in [6, 6.07) is 12.6. The van der Waals surface area contributed by atoms with Gasteiger partial charge in [0.25, 0.3) is 0 Å². The molecule has 9 nitrogen and oxygen atoms in total. The lowest BCUT2D eigenvalue weighted by Crippen LogP contribution is -2.46. The summed E-state index contributed by atoms with van der Waals surface area (Å²) < 4.78 is 32.3. The van der Waals surface area contributed by atoms with E-state index in [1.54, 1.807) is 12.1 Å². The number of carbonyl (C=O) groups excluding carboxylic acids is 2. The highest BCUT2D eigenvalue weighted by molar-refractivity contribution is 7.89. The standard InChI is InChI=1S/C24H32Cl2N4O5S/c1-17(2)14-20(30-23(31)29-19-8-4-3-5-9-19)16-27-24(32)35-13-7-6-12-28-36(33,34)22-11-10-18(25)15-21(22)26/h3-5,8-11,15,17,20,28H,6-7,12-14,16H2,1-2H3,(H,27,32)(H2,29,30,31)/t20-/m0/s1. The number of amides is 3. The Morgan fingerprint density at radius 3 is 2.42 bits per heavy atom. The maximum atomic E-state index is 12.3. The quantitative estimate of drug-likeness (QED) is 0.257. The van der Waals surface area contributed by atoms with Gasteiger partial charge < -0.3 is 20.7 Å². The van der Waals surface area contributed by atoms with Gasteiger partial charge in [0.2, 0.25) is 10.0 Å². The van der Waals surface area contributed by atoms with Crippen LogP contribution in [0.15, 0.2) is 53.4 Å². The predicted molar refractivity (Wildman–Crippen MR) is 142 cm³/mol. The second-order valence-electron chi connectivity index (χ2n) is 8.49. The van der Waals surface area contributed by atoms with Crippen LogP contribution in [0.5, 0.6) is 0 Å². The Morgan fingerprint density at radius 2 is 1.75 bits per heavy atom. The monoisotopic (exact) mass is 558 g/mol. The molecule has 0 fully saturated rings. The van der Waals surface area contributed by atoms with Crippen molar-refractivity contribution in [2.75, 3.05) is 25.0 Å². The van der Waals surface area contributed by atoms with Crippen LogP contribution < -0.4 is 20.7 Å². The highest BCUT2D eigenvalue weighted by Crippen LogP contribution is 2.24. The third kappa shape index (κ3) is 11.0. The molecule has 3 amide bonds. The van der Waals surface area contributed by atoms with Crippen LogP contribution in [0.25, 0.3) is 0 Å². The van der Waals surface area contributed by atoms with Crippen LogP contribution in [-0.4, -0.2) is 46.3 Å². The van der Waals surface area contributed by atoms with Gasteiger partial charge in [0.15, 0.2) is 0 Å². The molecule has 0 aliphatic carbocycles. The number of benzene rings is 2. The van der Waals surface area contributed by atoms with Crippen LogP contribution in [0, 0.1) is 5.92 Å². The Kier molecular flexibility index (Phi) is 12.3. The Labute approximate surface area is 222 Å². The number of sulfonamides is 1. The zero-order valence-corrected chi connectivity index (χ0v) is 22.5. The molecular formula is C24H32Cl2N4O5S. The van der Waals surface area contributed by atoms with Gasteiger partial charge in [-0.05, 0) is 55.5 Å². The fraction of sp³-hybridized carbons (Fsp3) is 0.417. The average Bonchev–Trinajstić information content (AvgIpc) is 2.79. The van der Waals surface area contributed by atoms with Crippen molar-refractivity contribution in [1.29, 1.82) is 0 Å². The Balaban J connectivity index is 1.67. The minimum atomic E-state index is -3.77. The zero-order valence-electron chi connectivity index (χ0n) is 20.2. The molecule has 2 rings (SSSR count). The van der Waals surface area contributed by atoms with E-state index in [0.29, 0.717) is 35.9 Å². The molecule has 36 heavy (non-hydrogen) atoms. The lowest BCUT2D eigenvalue weighted by Gasteiger charge is -2.21. The van der Waals surface area contributed by atoms with E-state index in [1.807, 2.05) is 32.0 Å². The summed E-state index contributed by atoms with van der Waals surface area (Å²) in [5.41, 5.74) is 0.671. The van der Waals surface area contributed by atoms with E-state index in [9.17, 15) is 18.0 Å². The van der Waals surface area contributed by atoms with Crippen molar-refractivity contribution in [1.82, 2.24) is 15.4 Å². The molecule has 0 aliphatic rings. The second-order valence-corrected chi connectivity index (χ2v) is 11.1. The van der Waals surface area contributed by atoms with Crippen LogP contribution >= 0.6 is 23.2 Å². The van der Waals surface area contributed by atoms with Gasteiger partial charge in [0.05, 0.1) is 11.6 Å². The molecule has 0 saturated heterocycles. The fourth-order valence-corrected chi connectivity index (χ4v) is 5.11. The maximum absolute atomic E-state index is 12.3. The maximum Gasteiger partial charge on any atom is 0.407 e. The number of carbonyl (C=O) groups is 2. The molecule has 2 aromatic rings. The van der Waals surface area contributed by atoms with Crippen molar-refractivity contribution in [3.63, 3.8) is 0 Å². The lowest BCUT2D eigenvalue weighted by atomic mass is 10.0. The number of halogens is 2. The zero-order chi connectivity index (χ0) is 26.6. The lowest BCUT2D eigenvalue weighted by molar-refractivity contribution is 0.142. The fourth-order valence-electron chi connectivity index (χ4n) is 3.26. The largest absolute Gasteiger partial charge is 0.450 e. The van der Waals surface area contributed by atoms with Gasteiger partial charge in [-0.3, -0.25) is 0 Å². The predicted octanol–water partition coefficient (Wildman–Crippen LogP) is 5.01. The van der Waals surface area contributed by atoms with E-state index in [0.717, 1.165) is 0 Å². The molecule has 0 aromatic heterocycles. The molecule has 4 N–H and O–H groups in total. The number of alkyl carbamates (subject to hydrolysis) is 1. The van der Waals surface area contributed by atoms with Gasteiger partial charge in [0, 0.05) is 29.8 Å². The molecule has 198 valence electrons. The number of urea groups is 1. The number of anilines is 1. The number of para-hydroxylation sites is 1. The van der Waals surface area contributed by atoms with Crippen LogP contribution in [0.3, 0.4) is 0 Å². The summed E-state index contributed by atoms with van der Waals surface area (Å²) in [6.45, 7) is 4.53. The van der Waals surface area contributed by atoms with E-state index in [1.165, 1.54) is 18.2 Å². The van der Waals surface area contributed by atoms with Crippen molar-refractivity contribution in [2.24, 2.45) is 5.92 Å². The molecule has 0 spiro atoms. The number of unbranched alkanes of at least 4 members (excludes halogenated alkanes) is 1. The SMILES string of the molecule is CC(C)C[C@@H](CNC(=O)OCCCCNS(=O)(=O)c1ccc(Cl)cc1Cl)NC(=O)Nc1ccccc1. The first kappa shape index (κ1) is 29.7. The van der Waals surface area contributed by atoms with Crippen molar-refractivity contribution < 1.29 is 22.7 Å². The van der Waals surface area contributed by atoms with Crippen LogP contribution in [0.4, 0.5) is 15.3 Å². The summed E-state index contributed by atoms with van der Waals surface area (Å²) in [5.74, 6) is 0.302. The highest BCUT2D eigenvalue weighted by Gasteiger charge is 2.18. The Morgan fingerprint density at radius 1 is 1.03 bits per heavy atom. The van der Waals surface area contributed by atoms with Gasteiger partial charge in [0.1, 0.15) is 4.90 Å². The molecule has 0 bridgehead atoms. The minimum Gasteiger partial charge on any atom is -0.450 e. The molecule has 0 aliphatic heterocycles. The molecule has 2 aromatic carbocycles. The van der Waals surface area contributed by atoms with Crippen molar-refractivity contribution >= 4 is 51.0 Å². The van der Waals surface area contributed by atoms with Gasteiger partial charge in [-0.2, -0.15) is 0 Å².